The number of amides is 1. The first-order chi connectivity index (χ1) is 11.6. The molecule has 0 spiro atoms. The molecule has 0 aliphatic carbocycles. The van der Waals surface area contributed by atoms with Gasteiger partial charge in [-0.3, -0.25) is 9.69 Å². The summed E-state index contributed by atoms with van der Waals surface area (Å²) >= 11 is 0. The van der Waals surface area contributed by atoms with E-state index in [1.807, 2.05) is 0 Å². The summed E-state index contributed by atoms with van der Waals surface area (Å²) in [5.41, 5.74) is 0.645. The van der Waals surface area contributed by atoms with Gasteiger partial charge >= 0.3 is 0 Å². The Morgan fingerprint density at radius 1 is 1.29 bits per heavy atom. The van der Waals surface area contributed by atoms with Gasteiger partial charge in [-0.25, -0.2) is 4.98 Å². The summed E-state index contributed by atoms with van der Waals surface area (Å²) in [5.74, 6) is 0.596. The molecule has 24 heavy (non-hydrogen) atoms. The van der Waals surface area contributed by atoms with E-state index in [0.29, 0.717) is 23.3 Å². The van der Waals surface area contributed by atoms with E-state index in [1.165, 1.54) is 12.3 Å². The maximum atomic E-state index is 12.9. The molecule has 5 heterocycles. The number of nitrogens with zero attached hydrogens (tertiary/aromatic N) is 2. The van der Waals surface area contributed by atoms with Crippen molar-refractivity contribution in [1.29, 1.82) is 0 Å². The summed E-state index contributed by atoms with van der Waals surface area (Å²) in [7, 11) is 0. The highest BCUT2D eigenvalue weighted by Gasteiger charge is 2.40. The Labute approximate surface area is 139 Å². The van der Waals surface area contributed by atoms with E-state index >= 15 is 0 Å². The summed E-state index contributed by atoms with van der Waals surface area (Å²) in [4.78, 5) is 18.6. The maximum Gasteiger partial charge on any atom is 0.287 e. The van der Waals surface area contributed by atoms with Gasteiger partial charge in [-0.15, -0.1) is 0 Å². The lowest BCUT2D eigenvalue weighted by Crippen LogP contribution is -2.62. The van der Waals surface area contributed by atoms with Gasteiger partial charge in [0.05, 0.1) is 0 Å². The first-order valence-electron chi connectivity index (χ1n) is 8.38. The van der Waals surface area contributed by atoms with Crippen molar-refractivity contribution in [2.45, 2.75) is 31.8 Å². The standard InChI is InChI=1S/C18H20FN3O2/c1-11-17(12-6-8-22(11)9-7-12)21-18(23)15-4-3-14(24-15)13-2-5-16(19)20-10-13/h2-5,10-12,17H,6-9H2,1H3,(H,21,23)/t11-,17-/m0/s1. The lowest BCUT2D eigenvalue weighted by molar-refractivity contribution is 0.0211. The molecule has 6 heteroatoms. The zero-order valence-corrected chi connectivity index (χ0v) is 13.5. The summed E-state index contributed by atoms with van der Waals surface area (Å²) in [5, 5.41) is 3.14. The van der Waals surface area contributed by atoms with E-state index in [0.717, 1.165) is 25.9 Å². The molecule has 2 atom stereocenters. The largest absolute Gasteiger partial charge is 0.451 e. The Balaban J connectivity index is 1.48. The molecule has 1 amide bonds. The number of fused-ring (bicyclic) bond motifs is 3. The van der Waals surface area contributed by atoms with Gasteiger partial charge in [0.1, 0.15) is 5.76 Å². The third kappa shape index (κ3) is 2.71. The molecule has 0 saturated carbocycles. The van der Waals surface area contributed by atoms with Gasteiger partial charge in [-0.2, -0.15) is 4.39 Å². The van der Waals surface area contributed by atoms with E-state index in [4.69, 9.17) is 4.42 Å². The normalized spacial score (nSPS) is 28.8. The van der Waals surface area contributed by atoms with Crippen LogP contribution in [0, 0.1) is 11.9 Å². The van der Waals surface area contributed by atoms with E-state index < -0.39 is 5.95 Å². The molecule has 2 aromatic heterocycles. The number of pyridine rings is 1. The van der Waals surface area contributed by atoms with Crippen LogP contribution in [0.15, 0.2) is 34.9 Å². The van der Waals surface area contributed by atoms with E-state index in [9.17, 15) is 9.18 Å². The lowest BCUT2D eigenvalue weighted by Gasteiger charge is -2.49. The number of furan rings is 1. The van der Waals surface area contributed by atoms with Crippen LogP contribution in [0.2, 0.25) is 0 Å². The quantitative estimate of drug-likeness (QED) is 0.880. The van der Waals surface area contributed by atoms with Crippen molar-refractivity contribution in [2.24, 2.45) is 5.92 Å². The summed E-state index contributed by atoms with van der Waals surface area (Å²) in [6, 6.07) is 6.74. The Bertz CT molecular complexity index is 733. The summed E-state index contributed by atoms with van der Waals surface area (Å²) < 4.78 is 18.5. The first-order valence-corrected chi connectivity index (χ1v) is 8.38. The van der Waals surface area contributed by atoms with Gasteiger partial charge in [0.25, 0.3) is 5.91 Å². The third-order valence-corrected chi connectivity index (χ3v) is 5.32. The maximum absolute atomic E-state index is 12.9. The van der Waals surface area contributed by atoms with Crippen molar-refractivity contribution < 1.29 is 13.6 Å². The number of hydrogen-bond donors (Lipinski definition) is 1. The van der Waals surface area contributed by atoms with Gasteiger partial charge < -0.3 is 9.73 Å². The summed E-state index contributed by atoms with van der Waals surface area (Å²) in [6.07, 6.45) is 3.67. The van der Waals surface area contributed by atoms with Gasteiger partial charge in [0.2, 0.25) is 5.95 Å². The molecule has 0 unspecified atom stereocenters. The Morgan fingerprint density at radius 3 is 2.75 bits per heavy atom. The van der Waals surface area contributed by atoms with Gasteiger partial charge in [-0.1, -0.05) is 0 Å². The van der Waals surface area contributed by atoms with Crippen LogP contribution in [-0.4, -0.2) is 41.0 Å². The molecule has 3 aliphatic rings. The summed E-state index contributed by atoms with van der Waals surface area (Å²) in [6.45, 7) is 4.43. The molecule has 5 nitrogen and oxygen atoms in total. The number of halogens is 1. The van der Waals surface area contributed by atoms with Crippen molar-refractivity contribution >= 4 is 5.91 Å². The second-order valence-electron chi connectivity index (χ2n) is 6.65. The number of aromatic nitrogens is 1. The van der Waals surface area contributed by atoms with E-state index in [-0.39, 0.29) is 17.7 Å². The fourth-order valence-corrected chi connectivity index (χ4v) is 3.90. The molecule has 0 aromatic carbocycles. The van der Waals surface area contributed by atoms with Crippen molar-refractivity contribution in [2.75, 3.05) is 13.1 Å². The fraction of sp³-hybridized carbons (Fsp3) is 0.444. The third-order valence-electron chi connectivity index (χ3n) is 5.32. The minimum Gasteiger partial charge on any atom is -0.451 e. The van der Waals surface area contributed by atoms with Crippen LogP contribution < -0.4 is 5.32 Å². The van der Waals surface area contributed by atoms with Gasteiger partial charge in [0.15, 0.2) is 5.76 Å². The van der Waals surface area contributed by atoms with Gasteiger partial charge in [0, 0.05) is 23.8 Å². The zero-order valence-electron chi connectivity index (χ0n) is 13.5. The molecular weight excluding hydrogens is 309 g/mol. The van der Waals surface area contributed by atoms with Gasteiger partial charge in [-0.05, 0) is 63.0 Å². The van der Waals surface area contributed by atoms with Crippen LogP contribution in [0.1, 0.15) is 30.3 Å². The number of rotatable bonds is 3. The van der Waals surface area contributed by atoms with Crippen LogP contribution in [-0.2, 0) is 0 Å². The van der Waals surface area contributed by atoms with Crippen LogP contribution >= 0.6 is 0 Å². The lowest BCUT2D eigenvalue weighted by atomic mass is 9.79. The molecule has 0 radical (unpaired) electrons. The highest BCUT2D eigenvalue weighted by molar-refractivity contribution is 5.92. The Kier molecular flexibility index (Phi) is 3.84. The number of carbonyl (C=O) groups is 1. The molecular formula is C18H20FN3O2. The SMILES string of the molecule is C[C@H]1[C@H](NC(=O)c2ccc(-c3ccc(F)nc3)o2)C2CCN1CC2. The van der Waals surface area contributed by atoms with Crippen molar-refractivity contribution in [3.63, 3.8) is 0 Å². The predicted octanol–water partition coefficient (Wildman–Crippen LogP) is 2.69. The average Bonchev–Trinajstić information content (AvgIpc) is 3.09. The van der Waals surface area contributed by atoms with Crippen LogP contribution in [0.5, 0.6) is 0 Å². The fourth-order valence-electron chi connectivity index (χ4n) is 3.90. The molecule has 2 bridgehead atoms. The van der Waals surface area contributed by atoms with E-state index in [1.54, 1.807) is 18.2 Å². The molecule has 3 fully saturated rings. The number of nitrogens with one attached hydrogen (secondary N) is 1. The Morgan fingerprint density at radius 2 is 2.08 bits per heavy atom. The topological polar surface area (TPSA) is 58.4 Å². The minimum absolute atomic E-state index is 0.168. The van der Waals surface area contributed by atoms with Crippen molar-refractivity contribution in [3.8, 4) is 11.3 Å². The van der Waals surface area contributed by atoms with Crippen LogP contribution in [0.3, 0.4) is 0 Å². The molecule has 3 saturated heterocycles. The first kappa shape index (κ1) is 15.3. The zero-order chi connectivity index (χ0) is 16.7. The monoisotopic (exact) mass is 329 g/mol. The van der Waals surface area contributed by atoms with E-state index in [2.05, 4.69) is 22.1 Å². The Hall–Kier alpha value is -2.21. The minimum atomic E-state index is -0.542. The number of carbonyl (C=O) groups excluding carboxylic acids is 1. The number of piperidine rings is 3. The smallest absolute Gasteiger partial charge is 0.287 e. The van der Waals surface area contributed by atoms with Crippen LogP contribution in [0.4, 0.5) is 4.39 Å². The molecule has 5 rings (SSSR count). The molecule has 1 N–H and O–H groups in total. The highest BCUT2D eigenvalue weighted by Crippen LogP contribution is 2.32. The highest BCUT2D eigenvalue weighted by atomic mass is 19.1. The second-order valence-corrected chi connectivity index (χ2v) is 6.65. The van der Waals surface area contributed by atoms with Crippen LogP contribution in [0.25, 0.3) is 11.3 Å². The average molecular weight is 329 g/mol. The van der Waals surface area contributed by atoms with Crippen molar-refractivity contribution in [1.82, 2.24) is 15.2 Å². The molecule has 2 aromatic rings. The predicted molar refractivity (Wildman–Crippen MR) is 86.9 cm³/mol. The second kappa shape index (κ2) is 6.02. The molecule has 126 valence electrons. The van der Waals surface area contributed by atoms with Crippen molar-refractivity contribution in [3.05, 3.63) is 42.2 Å². The molecule has 3 aliphatic heterocycles. The number of hydrogen-bond acceptors (Lipinski definition) is 4.